The molecule has 6 fully saturated rings. The fraction of sp³-hybridized carbons (Fsp3) is 0.862. The Labute approximate surface area is 225 Å². The average molecular weight is 531 g/mol. The summed E-state index contributed by atoms with van der Waals surface area (Å²) < 4.78 is 28.7. The fourth-order valence-electron chi connectivity index (χ4n) is 9.17. The highest BCUT2D eigenvalue weighted by molar-refractivity contribution is 6.20. The molecule has 8 nitrogen and oxygen atoms in total. The van der Waals surface area contributed by atoms with Crippen molar-refractivity contribution in [3.8, 4) is 0 Å². The lowest BCUT2D eigenvalue weighted by Crippen LogP contribution is -2.75. The first-order valence-corrected chi connectivity index (χ1v) is 15.2. The van der Waals surface area contributed by atoms with E-state index in [-0.39, 0.29) is 60.1 Å². The number of alkyl halides is 1. The Morgan fingerprint density at radius 3 is 2.68 bits per heavy atom. The van der Waals surface area contributed by atoms with Crippen LogP contribution in [-0.4, -0.2) is 115 Å². The van der Waals surface area contributed by atoms with Crippen LogP contribution in [0.3, 0.4) is 0 Å². The SMILES string of the molecule is CC1CNCCN1C1C(F)CC2C(=O)C(C(=O)N3CCOCC3)=CN3C4C(CCC5CCCCC54)OC1C23. The summed E-state index contributed by atoms with van der Waals surface area (Å²) in [6.45, 7) is 6.59. The van der Waals surface area contributed by atoms with Gasteiger partial charge < -0.3 is 24.6 Å². The molecule has 38 heavy (non-hydrogen) atoms. The number of piperazine rings is 1. The second-order valence-corrected chi connectivity index (χ2v) is 12.8. The van der Waals surface area contributed by atoms with Crippen LogP contribution in [0.15, 0.2) is 11.8 Å². The summed E-state index contributed by atoms with van der Waals surface area (Å²) >= 11 is 0. The lowest BCUT2D eigenvalue weighted by molar-refractivity contribution is -0.229. The number of nitrogens with one attached hydrogen (secondary N) is 1. The van der Waals surface area contributed by atoms with Crippen LogP contribution < -0.4 is 5.32 Å². The Hall–Kier alpha value is -1.55. The Bertz CT molecular complexity index is 972. The van der Waals surface area contributed by atoms with Crippen LogP contribution in [-0.2, 0) is 19.1 Å². The summed E-state index contributed by atoms with van der Waals surface area (Å²) in [5.41, 5.74) is 0.256. The van der Waals surface area contributed by atoms with Crippen molar-refractivity contribution in [2.75, 3.05) is 45.9 Å². The zero-order chi connectivity index (χ0) is 26.0. The zero-order valence-corrected chi connectivity index (χ0v) is 22.6. The third-order valence-electron chi connectivity index (χ3n) is 10.9. The number of hydrogen-bond donors (Lipinski definition) is 1. The topological polar surface area (TPSA) is 74.4 Å². The van der Waals surface area contributed by atoms with Gasteiger partial charge in [0.25, 0.3) is 5.91 Å². The highest BCUT2D eigenvalue weighted by Crippen LogP contribution is 2.52. The molecule has 7 rings (SSSR count). The van der Waals surface area contributed by atoms with E-state index in [9.17, 15) is 9.59 Å². The molecule has 0 aromatic heterocycles. The average Bonchev–Trinajstić information content (AvgIpc) is 2.95. The van der Waals surface area contributed by atoms with Crippen molar-refractivity contribution in [3.63, 3.8) is 0 Å². The minimum absolute atomic E-state index is 0.0199. The summed E-state index contributed by atoms with van der Waals surface area (Å²) in [5.74, 6) is 0.253. The fourth-order valence-corrected chi connectivity index (χ4v) is 9.17. The van der Waals surface area contributed by atoms with Crippen LogP contribution in [0.1, 0.15) is 51.9 Å². The number of ketones is 1. The molecule has 0 aromatic rings. The molecular formula is C29H43FN4O4. The largest absolute Gasteiger partial charge is 0.378 e. The lowest BCUT2D eigenvalue weighted by Gasteiger charge is -2.63. The van der Waals surface area contributed by atoms with Crippen molar-refractivity contribution >= 4 is 11.7 Å². The van der Waals surface area contributed by atoms with Crippen LogP contribution in [0.5, 0.6) is 0 Å². The predicted octanol–water partition coefficient (Wildman–Crippen LogP) is 1.74. The van der Waals surface area contributed by atoms with Gasteiger partial charge in [-0.05, 0) is 44.4 Å². The summed E-state index contributed by atoms with van der Waals surface area (Å²) in [5, 5.41) is 3.43. The smallest absolute Gasteiger partial charge is 0.259 e. The molecular weight excluding hydrogens is 487 g/mol. The molecule has 9 heteroatoms. The van der Waals surface area contributed by atoms with Crippen LogP contribution in [0.4, 0.5) is 4.39 Å². The van der Waals surface area contributed by atoms with Gasteiger partial charge in [-0.3, -0.25) is 14.5 Å². The molecule has 0 bridgehead atoms. The summed E-state index contributed by atoms with van der Waals surface area (Å²) in [4.78, 5) is 34.1. The maximum Gasteiger partial charge on any atom is 0.259 e. The van der Waals surface area contributed by atoms with Crippen molar-refractivity contribution < 1.29 is 23.5 Å². The highest BCUT2D eigenvalue weighted by atomic mass is 19.1. The van der Waals surface area contributed by atoms with Crippen LogP contribution in [0.2, 0.25) is 0 Å². The Balaban J connectivity index is 1.29. The second kappa shape index (κ2) is 10.1. The van der Waals surface area contributed by atoms with Gasteiger partial charge in [0.15, 0.2) is 5.78 Å². The Morgan fingerprint density at radius 1 is 1.05 bits per heavy atom. The van der Waals surface area contributed by atoms with Gasteiger partial charge in [-0.2, -0.15) is 0 Å². The highest BCUT2D eigenvalue weighted by Gasteiger charge is 2.62. The van der Waals surface area contributed by atoms with Crippen molar-refractivity contribution in [1.29, 1.82) is 0 Å². The molecule has 10 atom stereocenters. The van der Waals surface area contributed by atoms with Gasteiger partial charge in [-0.1, -0.05) is 19.3 Å². The van der Waals surface area contributed by atoms with Gasteiger partial charge in [0.1, 0.15) is 6.17 Å². The molecule has 1 N–H and O–H groups in total. The number of morpholine rings is 2. The van der Waals surface area contributed by atoms with E-state index in [1.807, 2.05) is 6.20 Å². The molecule has 4 heterocycles. The third kappa shape index (κ3) is 4.06. The van der Waals surface area contributed by atoms with Crippen LogP contribution in [0.25, 0.3) is 0 Å². The number of nitrogens with zero attached hydrogens (tertiary/aromatic N) is 3. The standard InChI is InChI=1S/C29H43FN4O4/c1-17-15-31-8-9-33(17)26-22(30)14-20-25-28(26)38-23-7-6-18-4-2-3-5-19(18)24(23)34(25)16-21(27(20)35)29(36)32-10-12-37-13-11-32/h16-20,22-26,28,31H,2-15H2,1H3. The molecule has 1 amide bonds. The van der Waals surface area contributed by atoms with Crippen molar-refractivity contribution in [2.24, 2.45) is 17.8 Å². The minimum Gasteiger partial charge on any atom is -0.378 e. The van der Waals surface area contributed by atoms with E-state index < -0.39 is 12.1 Å². The normalized spacial score (nSPS) is 45.5. The number of rotatable bonds is 2. The van der Waals surface area contributed by atoms with Crippen LogP contribution in [0, 0.1) is 17.8 Å². The maximum absolute atomic E-state index is 16.3. The molecule has 0 radical (unpaired) electrons. The molecule has 7 aliphatic rings. The van der Waals surface area contributed by atoms with E-state index in [1.165, 1.54) is 25.7 Å². The van der Waals surface area contributed by atoms with Gasteiger partial charge in [0, 0.05) is 50.9 Å². The van der Waals surface area contributed by atoms with Crippen LogP contribution >= 0.6 is 0 Å². The first kappa shape index (κ1) is 25.4. The van der Waals surface area contributed by atoms with Gasteiger partial charge >= 0.3 is 0 Å². The molecule has 10 unspecified atom stereocenters. The van der Waals surface area contributed by atoms with Crippen molar-refractivity contribution in [1.82, 2.24) is 20.0 Å². The molecule has 0 aromatic carbocycles. The number of hydrogen-bond acceptors (Lipinski definition) is 7. The summed E-state index contributed by atoms with van der Waals surface area (Å²) in [6, 6.07) is -0.195. The molecule has 3 aliphatic carbocycles. The van der Waals surface area contributed by atoms with E-state index in [1.54, 1.807) is 4.90 Å². The number of carbonyl (C=O) groups excluding carboxylic acids is 2. The van der Waals surface area contributed by atoms with E-state index in [4.69, 9.17) is 9.47 Å². The Morgan fingerprint density at radius 2 is 1.87 bits per heavy atom. The quantitative estimate of drug-likeness (QED) is 0.546. The molecule has 0 spiro atoms. The van der Waals surface area contributed by atoms with E-state index in [2.05, 4.69) is 22.0 Å². The van der Waals surface area contributed by atoms with Crippen molar-refractivity contribution in [3.05, 3.63) is 11.8 Å². The zero-order valence-electron chi connectivity index (χ0n) is 22.6. The monoisotopic (exact) mass is 530 g/mol. The number of Topliss-reactive ketones (excluding diaryl/α,β-unsaturated/α-hetero) is 1. The van der Waals surface area contributed by atoms with Gasteiger partial charge in [-0.15, -0.1) is 0 Å². The van der Waals surface area contributed by atoms with E-state index in [0.717, 1.165) is 32.5 Å². The van der Waals surface area contributed by atoms with Crippen molar-refractivity contribution in [2.45, 2.75) is 94.4 Å². The van der Waals surface area contributed by atoms with E-state index >= 15 is 4.39 Å². The third-order valence-corrected chi connectivity index (χ3v) is 10.9. The molecule has 3 saturated heterocycles. The number of halogens is 1. The number of fused-ring (bicyclic) bond motifs is 4. The second-order valence-electron chi connectivity index (χ2n) is 12.8. The first-order valence-electron chi connectivity index (χ1n) is 15.2. The molecule has 3 saturated carbocycles. The number of carbonyl (C=O) groups is 2. The summed E-state index contributed by atoms with van der Waals surface area (Å²) in [7, 11) is 0. The first-order chi connectivity index (χ1) is 18.5. The summed E-state index contributed by atoms with van der Waals surface area (Å²) in [6.07, 6.45) is 7.66. The maximum atomic E-state index is 16.3. The molecule has 4 aliphatic heterocycles. The minimum atomic E-state index is -1.16. The molecule has 210 valence electrons. The van der Waals surface area contributed by atoms with Gasteiger partial charge in [-0.25, -0.2) is 4.39 Å². The van der Waals surface area contributed by atoms with Gasteiger partial charge in [0.2, 0.25) is 0 Å². The Kier molecular flexibility index (Phi) is 6.78. The van der Waals surface area contributed by atoms with Gasteiger partial charge in [0.05, 0.1) is 49.1 Å². The lowest BCUT2D eigenvalue weighted by atomic mass is 9.63. The predicted molar refractivity (Wildman–Crippen MR) is 139 cm³/mol. The number of ether oxygens (including phenoxy) is 2. The van der Waals surface area contributed by atoms with E-state index in [0.29, 0.717) is 38.1 Å². The number of amides is 1.